The topological polar surface area (TPSA) is 41.1 Å². The molecule has 1 aromatic carbocycles. The van der Waals surface area contributed by atoms with Gasteiger partial charge < -0.3 is 10.6 Å². The molecule has 0 saturated carbocycles. The molecule has 1 aliphatic heterocycles. The molecule has 3 nitrogen and oxygen atoms in total. The Balaban J connectivity index is 0.00000180. The number of nitrogens with one attached hydrogen (secondary N) is 2. The fourth-order valence-corrected chi connectivity index (χ4v) is 2.72. The Kier molecular flexibility index (Phi) is 6.12. The number of hydrogen-bond acceptors (Lipinski definition) is 2. The molecule has 0 aliphatic carbocycles. The predicted molar refractivity (Wildman–Crippen MR) is 84.4 cm³/mol. The van der Waals surface area contributed by atoms with Crippen molar-refractivity contribution in [3.8, 4) is 0 Å². The minimum atomic E-state index is -0.135. The summed E-state index contributed by atoms with van der Waals surface area (Å²) in [6.07, 6.45) is 1.88. The van der Waals surface area contributed by atoms with E-state index in [2.05, 4.69) is 33.5 Å². The van der Waals surface area contributed by atoms with Crippen molar-refractivity contribution in [1.82, 2.24) is 10.6 Å². The highest BCUT2D eigenvalue weighted by Gasteiger charge is 2.29. The van der Waals surface area contributed by atoms with Crippen molar-refractivity contribution in [3.05, 3.63) is 33.3 Å². The lowest BCUT2D eigenvalue weighted by molar-refractivity contribution is 0.0887. The van der Waals surface area contributed by atoms with Gasteiger partial charge in [0.05, 0.1) is 5.56 Å². The summed E-state index contributed by atoms with van der Waals surface area (Å²) in [4.78, 5) is 12.3. The first-order valence-electron chi connectivity index (χ1n) is 5.98. The van der Waals surface area contributed by atoms with Gasteiger partial charge in [0.15, 0.2) is 0 Å². The van der Waals surface area contributed by atoms with Crippen molar-refractivity contribution in [1.29, 1.82) is 0 Å². The standard InChI is InChI=1S/C13H16BrClN2O.ClH/c1-13(4-6-16-7-5-13)17-12(18)10-8-9(15)2-3-11(10)14;/h2-3,8,16H,4-7H2,1H3,(H,17,18);1H. The lowest BCUT2D eigenvalue weighted by Crippen LogP contribution is -2.52. The molecular weight excluding hydrogens is 351 g/mol. The van der Waals surface area contributed by atoms with Crippen LogP contribution in [0.1, 0.15) is 30.1 Å². The van der Waals surface area contributed by atoms with E-state index in [0.29, 0.717) is 10.6 Å². The van der Waals surface area contributed by atoms with Gasteiger partial charge in [0.25, 0.3) is 5.91 Å². The van der Waals surface area contributed by atoms with Gasteiger partial charge in [0, 0.05) is 15.0 Å². The molecule has 1 aliphatic rings. The first-order valence-corrected chi connectivity index (χ1v) is 7.16. The van der Waals surface area contributed by atoms with E-state index in [1.807, 2.05) is 0 Å². The van der Waals surface area contributed by atoms with E-state index < -0.39 is 0 Å². The molecular formula is C13H17BrCl2N2O. The average Bonchev–Trinajstić information content (AvgIpc) is 2.32. The van der Waals surface area contributed by atoms with Crippen LogP contribution in [0.15, 0.2) is 22.7 Å². The molecule has 1 fully saturated rings. The maximum atomic E-state index is 12.3. The number of halogens is 3. The smallest absolute Gasteiger partial charge is 0.252 e. The number of amides is 1. The van der Waals surface area contributed by atoms with Gasteiger partial charge in [-0.3, -0.25) is 4.79 Å². The minimum absolute atomic E-state index is 0. The van der Waals surface area contributed by atoms with Crippen LogP contribution in [0, 0.1) is 0 Å². The summed E-state index contributed by atoms with van der Waals surface area (Å²) in [7, 11) is 0. The van der Waals surface area contributed by atoms with E-state index in [4.69, 9.17) is 11.6 Å². The van der Waals surface area contributed by atoms with E-state index in [1.54, 1.807) is 18.2 Å². The molecule has 0 aromatic heterocycles. The summed E-state index contributed by atoms with van der Waals surface area (Å²) in [6, 6.07) is 5.24. The van der Waals surface area contributed by atoms with Crippen molar-refractivity contribution in [2.45, 2.75) is 25.3 Å². The fourth-order valence-electron chi connectivity index (χ4n) is 2.12. The summed E-state index contributed by atoms with van der Waals surface area (Å²) >= 11 is 9.31. The van der Waals surface area contributed by atoms with Gasteiger partial charge in [-0.2, -0.15) is 0 Å². The van der Waals surface area contributed by atoms with E-state index in [-0.39, 0.29) is 23.9 Å². The molecule has 0 atom stereocenters. The number of hydrogen-bond donors (Lipinski definition) is 2. The second-order valence-corrected chi connectivity index (χ2v) is 6.18. The van der Waals surface area contributed by atoms with Crippen molar-refractivity contribution >= 4 is 45.8 Å². The van der Waals surface area contributed by atoms with Gasteiger partial charge in [-0.05, 0) is 67.0 Å². The molecule has 106 valence electrons. The second-order valence-electron chi connectivity index (χ2n) is 4.89. The van der Waals surface area contributed by atoms with Gasteiger partial charge in [0.1, 0.15) is 0 Å². The van der Waals surface area contributed by atoms with Gasteiger partial charge in [0.2, 0.25) is 0 Å². The highest BCUT2D eigenvalue weighted by Crippen LogP contribution is 2.23. The number of carbonyl (C=O) groups excluding carboxylic acids is 1. The first kappa shape index (κ1) is 16.8. The minimum Gasteiger partial charge on any atom is -0.347 e. The van der Waals surface area contributed by atoms with Gasteiger partial charge in [-0.1, -0.05) is 11.6 Å². The van der Waals surface area contributed by atoms with Crippen molar-refractivity contribution in [3.63, 3.8) is 0 Å². The molecule has 1 aromatic rings. The number of carbonyl (C=O) groups is 1. The quantitative estimate of drug-likeness (QED) is 0.841. The van der Waals surface area contributed by atoms with Crippen LogP contribution in [0.5, 0.6) is 0 Å². The van der Waals surface area contributed by atoms with Crippen LogP contribution < -0.4 is 10.6 Å². The zero-order valence-corrected chi connectivity index (χ0v) is 13.8. The molecule has 19 heavy (non-hydrogen) atoms. The van der Waals surface area contributed by atoms with E-state index >= 15 is 0 Å². The van der Waals surface area contributed by atoms with Crippen LogP contribution in [0.3, 0.4) is 0 Å². The van der Waals surface area contributed by atoms with Crippen LogP contribution in [-0.2, 0) is 0 Å². The molecule has 2 N–H and O–H groups in total. The van der Waals surface area contributed by atoms with E-state index in [1.165, 1.54) is 0 Å². The Hall–Kier alpha value is -0.290. The Morgan fingerprint density at radius 3 is 2.68 bits per heavy atom. The predicted octanol–water partition coefficient (Wildman–Crippen LogP) is 3.40. The van der Waals surface area contributed by atoms with Crippen molar-refractivity contribution in [2.75, 3.05) is 13.1 Å². The van der Waals surface area contributed by atoms with Gasteiger partial charge >= 0.3 is 0 Å². The Morgan fingerprint density at radius 1 is 1.42 bits per heavy atom. The normalized spacial score (nSPS) is 17.4. The Labute approximate surface area is 133 Å². The summed E-state index contributed by atoms with van der Waals surface area (Å²) < 4.78 is 0.766. The van der Waals surface area contributed by atoms with Crippen LogP contribution in [-0.4, -0.2) is 24.5 Å². The van der Waals surface area contributed by atoms with Crippen LogP contribution in [0.2, 0.25) is 5.02 Å². The molecule has 0 radical (unpaired) electrons. The largest absolute Gasteiger partial charge is 0.347 e. The molecule has 2 rings (SSSR count). The number of benzene rings is 1. The lowest BCUT2D eigenvalue weighted by atomic mass is 9.90. The number of piperidine rings is 1. The van der Waals surface area contributed by atoms with E-state index in [9.17, 15) is 4.79 Å². The van der Waals surface area contributed by atoms with Crippen LogP contribution in [0.25, 0.3) is 0 Å². The van der Waals surface area contributed by atoms with E-state index in [0.717, 1.165) is 30.4 Å². The summed E-state index contributed by atoms with van der Waals surface area (Å²) in [5.74, 6) is -0.0752. The first-order chi connectivity index (χ1) is 8.50. The zero-order chi connectivity index (χ0) is 13.2. The summed E-state index contributed by atoms with van der Waals surface area (Å²) in [5.41, 5.74) is 0.451. The fraction of sp³-hybridized carbons (Fsp3) is 0.462. The summed E-state index contributed by atoms with van der Waals surface area (Å²) in [6.45, 7) is 3.96. The molecule has 1 saturated heterocycles. The molecule has 1 amide bonds. The van der Waals surface area contributed by atoms with Crippen LogP contribution >= 0.6 is 39.9 Å². The summed E-state index contributed by atoms with van der Waals surface area (Å²) in [5, 5.41) is 6.97. The second kappa shape index (κ2) is 6.93. The molecule has 0 bridgehead atoms. The molecule has 6 heteroatoms. The van der Waals surface area contributed by atoms with Crippen LogP contribution in [0.4, 0.5) is 0 Å². The molecule has 1 heterocycles. The lowest BCUT2D eigenvalue weighted by Gasteiger charge is -2.35. The highest BCUT2D eigenvalue weighted by molar-refractivity contribution is 9.10. The zero-order valence-electron chi connectivity index (χ0n) is 10.6. The Bertz CT molecular complexity index is 462. The molecule has 0 spiro atoms. The van der Waals surface area contributed by atoms with Crippen molar-refractivity contribution in [2.24, 2.45) is 0 Å². The van der Waals surface area contributed by atoms with Gasteiger partial charge in [-0.15, -0.1) is 12.4 Å². The van der Waals surface area contributed by atoms with Crippen molar-refractivity contribution < 1.29 is 4.79 Å². The Morgan fingerprint density at radius 2 is 2.05 bits per heavy atom. The maximum absolute atomic E-state index is 12.3. The third kappa shape index (κ3) is 4.35. The third-order valence-electron chi connectivity index (χ3n) is 3.30. The highest BCUT2D eigenvalue weighted by atomic mass is 79.9. The average molecular weight is 368 g/mol. The third-order valence-corrected chi connectivity index (χ3v) is 4.22. The SMILES string of the molecule is CC1(NC(=O)c2cc(Cl)ccc2Br)CCNCC1.Cl. The maximum Gasteiger partial charge on any atom is 0.252 e. The number of rotatable bonds is 2. The monoisotopic (exact) mass is 366 g/mol. The molecule has 0 unspecified atom stereocenters. The van der Waals surface area contributed by atoms with Gasteiger partial charge in [-0.25, -0.2) is 0 Å².